The number of benzene rings is 1. The fraction of sp³-hybridized carbons (Fsp3) is 0.417. The van der Waals surface area contributed by atoms with E-state index in [0.717, 1.165) is 19.2 Å². The van der Waals surface area contributed by atoms with Crippen molar-refractivity contribution in [3.63, 3.8) is 0 Å². The molecule has 0 unspecified atom stereocenters. The highest BCUT2D eigenvalue weighted by molar-refractivity contribution is 5.81. The Bertz CT molecular complexity index is 448. The van der Waals surface area contributed by atoms with Gasteiger partial charge in [0.05, 0.1) is 0 Å². The van der Waals surface area contributed by atoms with Crippen molar-refractivity contribution in [1.82, 2.24) is 0 Å². The summed E-state index contributed by atoms with van der Waals surface area (Å²) in [6.07, 6.45) is -5.05. The monoisotopic (exact) mass is 262 g/mol. The minimum absolute atomic E-state index is 0.428. The number of carbonyl (C=O) groups is 1. The number of methoxy groups -OCH3 is 1. The van der Waals surface area contributed by atoms with Crippen molar-refractivity contribution in [2.45, 2.75) is 25.6 Å². The average Bonchev–Trinajstić information content (AvgIpc) is 2.14. The van der Waals surface area contributed by atoms with E-state index in [9.17, 15) is 18.0 Å². The van der Waals surface area contributed by atoms with Gasteiger partial charge in [0.15, 0.2) is 0 Å². The highest BCUT2D eigenvalue weighted by Gasteiger charge is 2.63. The molecule has 0 aromatic heterocycles. The van der Waals surface area contributed by atoms with Crippen molar-refractivity contribution < 1.29 is 27.8 Å². The summed E-state index contributed by atoms with van der Waals surface area (Å²) in [6, 6.07) is 3.98. The van der Waals surface area contributed by atoms with E-state index < -0.39 is 23.3 Å². The molecule has 0 aliphatic heterocycles. The predicted molar refractivity (Wildman–Crippen MR) is 58.3 cm³/mol. The van der Waals surface area contributed by atoms with Crippen LogP contribution in [-0.4, -0.2) is 24.4 Å². The topological polar surface area (TPSA) is 46.5 Å². The van der Waals surface area contributed by atoms with Crippen LogP contribution in [0.1, 0.15) is 16.7 Å². The van der Waals surface area contributed by atoms with Crippen molar-refractivity contribution in [2.75, 3.05) is 7.11 Å². The molecule has 0 bridgehead atoms. The van der Waals surface area contributed by atoms with Crippen molar-refractivity contribution >= 4 is 5.97 Å². The third-order valence-corrected chi connectivity index (χ3v) is 2.63. The van der Waals surface area contributed by atoms with E-state index in [1.54, 1.807) is 19.9 Å². The van der Waals surface area contributed by atoms with Gasteiger partial charge in [-0.25, -0.2) is 4.79 Å². The molecule has 0 radical (unpaired) electrons. The molecule has 18 heavy (non-hydrogen) atoms. The zero-order valence-electron chi connectivity index (χ0n) is 10.1. The van der Waals surface area contributed by atoms with Crippen molar-refractivity contribution in [1.29, 1.82) is 0 Å². The third kappa shape index (κ3) is 2.20. The number of aliphatic carboxylic acids is 1. The minimum atomic E-state index is -5.05. The summed E-state index contributed by atoms with van der Waals surface area (Å²) < 4.78 is 43.5. The maximum Gasteiger partial charge on any atom is 0.432 e. The number of rotatable bonds is 3. The first-order valence-corrected chi connectivity index (χ1v) is 5.09. The Morgan fingerprint density at radius 2 is 1.61 bits per heavy atom. The number of hydrogen-bond acceptors (Lipinski definition) is 2. The van der Waals surface area contributed by atoms with Gasteiger partial charge < -0.3 is 9.84 Å². The summed E-state index contributed by atoms with van der Waals surface area (Å²) in [5.74, 6) is -2.08. The van der Waals surface area contributed by atoms with E-state index in [2.05, 4.69) is 4.74 Å². The molecule has 0 aliphatic rings. The number of hydrogen-bond donors (Lipinski definition) is 1. The van der Waals surface area contributed by atoms with Gasteiger partial charge in [0.2, 0.25) is 0 Å². The molecule has 100 valence electrons. The maximum atomic E-state index is 13.1. The third-order valence-electron chi connectivity index (χ3n) is 2.63. The molecule has 1 atom stereocenters. The van der Waals surface area contributed by atoms with Crippen LogP contribution in [0.4, 0.5) is 13.2 Å². The molecule has 1 rings (SSSR count). The second kappa shape index (κ2) is 4.61. The first-order chi connectivity index (χ1) is 8.15. The van der Waals surface area contributed by atoms with E-state index >= 15 is 0 Å². The van der Waals surface area contributed by atoms with Crippen LogP contribution in [0.2, 0.25) is 0 Å². The van der Waals surface area contributed by atoms with Crippen LogP contribution in [0.25, 0.3) is 0 Å². The second-order valence-corrected chi connectivity index (χ2v) is 4.06. The Balaban J connectivity index is 3.58. The Morgan fingerprint density at radius 1 is 1.17 bits per heavy atom. The van der Waals surface area contributed by atoms with Gasteiger partial charge in [0.1, 0.15) is 0 Å². The molecular weight excluding hydrogens is 249 g/mol. The van der Waals surface area contributed by atoms with Gasteiger partial charge in [0.25, 0.3) is 5.60 Å². The molecule has 1 N–H and O–H groups in total. The summed E-state index contributed by atoms with van der Waals surface area (Å²) in [7, 11) is 0.735. The lowest BCUT2D eigenvalue weighted by atomic mass is 9.90. The van der Waals surface area contributed by atoms with Gasteiger partial charge in [0, 0.05) is 12.7 Å². The van der Waals surface area contributed by atoms with Crippen LogP contribution in [0.5, 0.6) is 0 Å². The van der Waals surface area contributed by atoms with E-state index in [1.165, 1.54) is 0 Å². The lowest BCUT2D eigenvalue weighted by molar-refractivity contribution is -0.273. The van der Waals surface area contributed by atoms with E-state index in [-0.39, 0.29) is 0 Å². The molecule has 1 aromatic rings. The molecule has 0 spiro atoms. The number of aryl methyl sites for hydroxylation is 2. The normalized spacial score (nSPS) is 15.2. The molecule has 3 nitrogen and oxygen atoms in total. The fourth-order valence-corrected chi connectivity index (χ4v) is 1.91. The summed E-state index contributed by atoms with van der Waals surface area (Å²) >= 11 is 0. The van der Waals surface area contributed by atoms with Crippen molar-refractivity contribution in [3.8, 4) is 0 Å². The van der Waals surface area contributed by atoms with E-state index in [0.29, 0.717) is 11.1 Å². The molecule has 1 aromatic carbocycles. The maximum absolute atomic E-state index is 13.1. The largest absolute Gasteiger partial charge is 0.479 e. The van der Waals surface area contributed by atoms with Crippen LogP contribution in [0.15, 0.2) is 18.2 Å². The smallest absolute Gasteiger partial charge is 0.432 e. The highest BCUT2D eigenvalue weighted by Crippen LogP contribution is 2.42. The van der Waals surface area contributed by atoms with Crippen molar-refractivity contribution in [3.05, 3.63) is 34.9 Å². The van der Waals surface area contributed by atoms with Gasteiger partial charge in [-0.2, -0.15) is 13.2 Å². The molecule has 6 heteroatoms. The van der Waals surface area contributed by atoms with Gasteiger partial charge in [-0.3, -0.25) is 0 Å². The van der Waals surface area contributed by atoms with Crippen molar-refractivity contribution in [2.24, 2.45) is 0 Å². The number of carboxylic acids is 1. The number of ether oxygens (including phenoxy) is 1. The number of alkyl halides is 3. The Kier molecular flexibility index (Phi) is 3.71. The molecule has 0 aliphatic carbocycles. The average molecular weight is 262 g/mol. The fourth-order valence-electron chi connectivity index (χ4n) is 1.91. The zero-order chi connectivity index (χ0) is 14.1. The molecule has 0 saturated carbocycles. The molecule has 0 amide bonds. The lowest BCUT2D eigenvalue weighted by Crippen LogP contribution is -2.50. The Hall–Kier alpha value is -1.56. The standard InChI is InChI=1S/C12H13F3O3/c1-7-4-8(2)6-9(5-7)11(18-3,10(16)17)12(13,14)15/h4-6H,1-3H3,(H,16,17)/t11-/m0/s1. The molecule has 0 saturated heterocycles. The molecular formula is C12H13F3O3. The highest BCUT2D eigenvalue weighted by atomic mass is 19.4. The first kappa shape index (κ1) is 14.5. The predicted octanol–water partition coefficient (Wildman–Crippen LogP) is 2.79. The van der Waals surface area contributed by atoms with Crippen LogP contribution >= 0.6 is 0 Å². The van der Waals surface area contributed by atoms with Crippen LogP contribution in [0, 0.1) is 13.8 Å². The van der Waals surface area contributed by atoms with Crippen LogP contribution < -0.4 is 0 Å². The zero-order valence-corrected chi connectivity index (χ0v) is 10.1. The van der Waals surface area contributed by atoms with Gasteiger partial charge in [-0.05, 0) is 13.8 Å². The van der Waals surface area contributed by atoms with E-state index in [4.69, 9.17) is 5.11 Å². The summed E-state index contributed by atoms with van der Waals surface area (Å²) in [4.78, 5) is 11.1. The van der Waals surface area contributed by atoms with Gasteiger partial charge in [-0.1, -0.05) is 29.3 Å². The summed E-state index contributed by atoms with van der Waals surface area (Å²) in [5, 5.41) is 8.95. The summed E-state index contributed by atoms with van der Waals surface area (Å²) in [6.45, 7) is 3.18. The molecule has 0 fully saturated rings. The van der Waals surface area contributed by atoms with E-state index in [1.807, 2.05) is 0 Å². The first-order valence-electron chi connectivity index (χ1n) is 5.09. The Labute approximate surface area is 102 Å². The summed E-state index contributed by atoms with van der Waals surface area (Å²) in [5.41, 5.74) is -2.68. The Morgan fingerprint density at radius 3 is 1.89 bits per heavy atom. The quantitative estimate of drug-likeness (QED) is 0.911. The number of halogens is 3. The van der Waals surface area contributed by atoms with Gasteiger partial charge >= 0.3 is 12.1 Å². The number of carboxylic acid groups (broad SMARTS) is 1. The van der Waals surface area contributed by atoms with Crippen LogP contribution in [-0.2, 0) is 15.1 Å². The van der Waals surface area contributed by atoms with Gasteiger partial charge in [-0.15, -0.1) is 0 Å². The lowest BCUT2D eigenvalue weighted by Gasteiger charge is -2.30. The van der Waals surface area contributed by atoms with Crippen LogP contribution in [0.3, 0.4) is 0 Å². The SMILES string of the molecule is CO[C@](C(=O)O)(c1cc(C)cc(C)c1)C(F)(F)F. The minimum Gasteiger partial charge on any atom is -0.479 e. The second-order valence-electron chi connectivity index (χ2n) is 4.06. The molecule has 0 heterocycles.